The SMILES string of the molecule is c1ccc(C2(Nc3cccc4cccnc34)CC2)cc1. The van der Waals surface area contributed by atoms with E-state index < -0.39 is 0 Å². The van der Waals surface area contributed by atoms with Crippen LogP contribution in [0.5, 0.6) is 0 Å². The molecule has 0 amide bonds. The van der Waals surface area contributed by atoms with Crippen LogP contribution in [0.2, 0.25) is 0 Å². The molecular formula is C18H16N2. The molecule has 1 saturated carbocycles. The molecule has 20 heavy (non-hydrogen) atoms. The van der Waals surface area contributed by atoms with Crippen molar-refractivity contribution in [3.8, 4) is 0 Å². The molecule has 1 fully saturated rings. The molecule has 0 radical (unpaired) electrons. The van der Waals surface area contributed by atoms with Crippen LogP contribution in [0.4, 0.5) is 5.69 Å². The molecule has 2 heteroatoms. The van der Waals surface area contributed by atoms with Crippen LogP contribution < -0.4 is 5.32 Å². The van der Waals surface area contributed by atoms with E-state index in [1.54, 1.807) is 0 Å². The van der Waals surface area contributed by atoms with Crippen LogP contribution in [-0.2, 0) is 5.54 Å². The van der Waals surface area contributed by atoms with E-state index in [2.05, 4.69) is 64.9 Å². The summed E-state index contributed by atoms with van der Waals surface area (Å²) in [6.07, 6.45) is 4.22. The van der Waals surface area contributed by atoms with Gasteiger partial charge in [-0.15, -0.1) is 0 Å². The lowest BCUT2D eigenvalue weighted by Gasteiger charge is -2.20. The van der Waals surface area contributed by atoms with Gasteiger partial charge in [-0.25, -0.2) is 0 Å². The second-order valence-electron chi connectivity index (χ2n) is 5.45. The third kappa shape index (κ3) is 1.85. The first-order valence-corrected chi connectivity index (χ1v) is 7.05. The number of nitrogens with zero attached hydrogens (tertiary/aromatic N) is 1. The maximum absolute atomic E-state index is 4.52. The van der Waals surface area contributed by atoms with Crippen LogP contribution in [0.1, 0.15) is 18.4 Å². The van der Waals surface area contributed by atoms with E-state index in [-0.39, 0.29) is 5.54 Å². The molecule has 0 saturated heterocycles. The second kappa shape index (κ2) is 4.34. The van der Waals surface area contributed by atoms with E-state index in [1.807, 2.05) is 12.3 Å². The average molecular weight is 260 g/mol. The molecule has 0 unspecified atom stereocenters. The number of pyridine rings is 1. The Bertz CT molecular complexity index is 740. The summed E-state index contributed by atoms with van der Waals surface area (Å²) in [6, 6.07) is 21.1. The number of para-hydroxylation sites is 1. The van der Waals surface area contributed by atoms with Crippen molar-refractivity contribution in [2.75, 3.05) is 5.32 Å². The number of anilines is 1. The predicted molar refractivity (Wildman–Crippen MR) is 82.7 cm³/mol. The molecule has 1 aromatic heterocycles. The van der Waals surface area contributed by atoms with Crippen LogP contribution >= 0.6 is 0 Å². The molecule has 0 bridgehead atoms. The number of benzene rings is 2. The standard InChI is InChI=1S/C18H16N2/c1-2-8-15(9-3-1)18(11-12-18)20-16-10-4-6-14-7-5-13-19-17(14)16/h1-10,13,20H,11-12H2. The number of hydrogen-bond donors (Lipinski definition) is 1. The molecule has 2 nitrogen and oxygen atoms in total. The molecule has 1 N–H and O–H groups in total. The number of hydrogen-bond acceptors (Lipinski definition) is 2. The van der Waals surface area contributed by atoms with E-state index in [4.69, 9.17) is 0 Å². The van der Waals surface area contributed by atoms with Crippen LogP contribution in [0.3, 0.4) is 0 Å². The van der Waals surface area contributed by atoms with Crippen molar-refractivity contribution in [1.82, 2.24) is 4.98 Å². The molecule has 0 spiro atoms. The van der Waals surface area contributed by atoms with Crippen molar-refractivity contribution in [3.05, 3.63) is 72.4 Å². The highest BCUT2D eigenvalue weighted by Gasteiger charge is 2.44. The Labute approximate surface area is 118 Å². The fraction of sp³-hybridized carbons (Fsp3) is 0.167. The number of fused-ring (bicyclic) bond motifs is 1. The Morgan fingerprint density at radius 1 is 0.850 bits per heavy atom. The monoisotopic (exact) mass is 260 g/mol. The molecule has 3 aromatic rings. The zero-order valence-corrected chi connectivity index (χ0v) is 11.2. The van der Waals surface area contributed by atoms with Gasteiger partial charge in [0.2, 0.25) is 0 Å². The summed E-state index contributed by atoms with van der Waals surface area (Å²) in [6.45, 7) is 0. The van der Waals surface area contributed by atoms with Crippen LogP contribution in [0.15, 0.2) is 66.9 Å². The molecule has 1 aliphatic carbocycles. The first kappa shape index (κ1) is 11.5. The summed E-state index contributed by atoms with van der Waals surface area (Å²) in [4.78, 5) is 4.52. The summed E-state index contributed by atoms with van der Waals surface area (Å²) in [5.74, 6) is 0. The van der Waals surface area contributed by atoms with Crippen molar-refractivity contribution in [2.24, 2.45) is 0 Å². The minimum atomic E-state index is 0.104. The third-order valence-electron chi connectivity index (χ3n) is 4.08. The molecular weight excluding hydrogens is 244 g/mol. The van der Waals surface area contributed by atoms with E-state index in [9.17, 15) is 0 Å². The van der Waals surface area contributed by atoms with Crippen molar-refractivity contribution < 1.29 is 0 Å². The number of nitrogens with one attached hydrogen (secondary N) is 1. The second-order valence-corrected chi connectivity index (χ2v) is 5.45. The fourth-order valence-electron chi connectivity index (χ4n) is 2.83. The lowest BCUT2D eigenvalue weighted by molar-refractivity contribution is 0.809. The molecule has 98 valence electrons. The van der Waals surface area contributed by atoms with Crippen molar-refractivity contribution in [2.45, 2.75) is 18.4 Å². The van der Waals surface area contributed by atoms with Gasteiger partial charge in [0.25, 0.3) is 0 Å². The first-order chi connectivity index (χ1) is 9.87. The minimum Gasteiger partial charge on any atom is -0.374 e. The Morgan fingerprint density at radius 2 is 1.65 bits per heavy atom. The Morgan fingerprint density at radius 3 is 2.45 bits per heavy atom. The molecule has 4 rings (SSSR count). The van der Waals surface area contributed by atoms with Gasteiger partial charge in [-0.2, -0.15) is 0 Å². The molecule has 0 atom stereocenters. The van der Waals surface area contributed by atoms with Gasteiger partial charge in [-0.05, 0) is 30.5 Å². The number of aromatic nitrogens is 1. The topological polar surface area (TPSA) is 24.9 Å². The van der Waals surface area contributed by atoms with Gasteiger partial charge in [0, 0.05) is 11.6 Å². The van der Waals surface area contributed by atoms with Gasteiger partial charge in [0.15, 0.2) is 0 Å². The van der Waals surface area contributed by atoms with Gasteiger partial charge in [0.1, 0.15) is 0 Å². The van der Waals surface area contributed by atoms with Gasteiger partial charge in [0.05, 0.1) is 16.7 Å². The Hall–Kier alpha value is -2.35. The molecule has 0 aliphatic heterocycles. The summed E-state index contributed by atoms with van der Waals surface area (Å²) in [5, 5.41) is 4.91. The van der Waals surface area contributed by atoms with Crippen LogP contribution in [-0.4, -0.2) is 4.98 Å². The van der Waals surface area contributed by atoms with Crippen LogP contribution in [0.25, 0.3) is 10.9 Å². The maximum atomic E-state index is 4.52. The van der Waals surface area contributed by atoms with Crippen molar-refractivity contribution >= 4 is 16.6 Å². The zero-order valence-electron chi connectivity index (χ0n) is 11.2. The quantitative estimate of drug-likeness (QED) is 0.758. The highest BCUT2D eigenvalue weighted by Crippen LogP contribution is 2.48. The van der Waals surface area contributed by atoms with E-state index in [0.29, 0.717) is 0 Å². The van der Waals surface area contributed by atoms with Gasteiger partial charge in [-0.1, -0.05) is 48.5 Å². The predicted octanol–water partition coefficient (Wildman–Crippen LogP) is 4.34. The summed E-state index contributed by atoms with van der Waals surface area (Å²) < 4.78 is 0. The summed E-state index contributed by atoms with van der Waals surface area (Å²) >= 11 is 0. The Balaban J connectivity index is 1.75. The largest absolute Gasteiger partial charge is 0.374 e. The summed E-state index contributed by atoms with van der Waals surface area (Å²) in [7, 11) is 0. The fourth-order valence-corrected chi connectivity index (χ4v) is 2.83. The van der Waals surface area contributed by atoms with E-state index in [0.717, 1.165) is 11.2 Å². The van der Waals surface area contributed by atoms with Crippen molar-refractivity contribution in [3.63, 3.8) is 0 Å². The lowest BCUT2D eigenvalue weighted by Crippen LogP contribution is -2.18. The minimum absolute atomic E-state index is 0.104. The average Bonchev–Trinajstić information content (AvgIpc) is 3.30. The van der Waals surface area contributed by atoms with Gasteiger partial charge < -0.3 is 5.32 Å². The Kier molecular flexibility index (Phi) is 2.49. The van der Waals surface area contributed by atoms with Gasteiger partial charge in [-0.3, -0.25) is 4.98 Å². The maximum Gasteiger partial charge on any atom is 0.0933 e. The lowest BCUT2D eigenvalue weighted by atomic mass is 10.0. The van der Waals surface area contributed by atoms with E-state index >= 15 is 0 Å². The zero-order chi connectivity index (χ0) is 13.4. The summed E-state index contributed by atoms with van der Waals surface area (Å²) in [5.41, 5.74) is 3.65. The third-order valence-corrected chi connectivity index (χ3v) is 4.08. The highest BCUT2D eigenvalue weighted by atomic mass is 15.0. The molecule has 1 heterocycles. The number of rotatable bonds is 3. The first-order valence-electron chi connectivity index (χ1n) is 7.05. The molecule has 2 aromatic carbocycles. The highest BCUT2D eigenvalue weighted by molar-refractivity contribution is 5.90. The van der Waals surface area contributed by atoms with Crippen LogP contribution in [0, 0.1) is 0 Å². The van der Waals surface area contributed by atoms with Crippen molar-refractivity contribution in [1.29, 1.82) is 0 Å². The smallest absolute Gasteiger partial charge is 0.0933 e. The van der Waals surface area contributed by atoms with E-state index in [1.165, 1.54) is 23.8 Å². The normalized spacial score (nSPS) is 16.0. The molecule has 1 aliphatic rings. The van der Waals surface area contributed by atoms with Gasteiger partial charge >= 0.3 is 0 Å².